The molecule has 1 aromatic rings. The summed E-state index contributed by atoms with van der Waals surface area (Å²) in [4.78, 5) is 35.6. The second kappa shape index (κ2) is 6.27. The van der Waals surface area contributed by atoms with Gasteiger partial charge in [0.05, 0.1) is 12.1 Å². The van der Waals surface area contributed by atoms with Gasteiger partial charge in [0.25, 0.3) is 0 Å². The summed E-state index contributed by atoms with van der Waals surface area (Å²) in [6.45, 7) is 0.346. The van der Waals surface area contributed by atoms with Crippen molar-refractivity contribution in [2.75, 3.05) is 18.8 Å². The first-order valence-electron chi connectivity index (χ1n) is 5.73. The van der Waals surface area contributed by atoms with Crippen LogP contribution in [-0.4, -0.2) is 46.8 Å². The number of carboxylic acid groups (broad SMARTS) is 1. The van der Waals surface area contributed by atoms with E-state index in [0.29, 0.717) is 16.8 Å². The zero-order chi connectivity index (χ0) is 14.7. The van der Waals surface area contributed by atoms with Gasteiger partial charge in [0.15, 0.2) is 0 Å². The molecule has 1 saturated heterocycles. The Bertz CT molecular complexity index is 563. The first-order valence-corrected chi connectivity index (χ1v) is 7.50. The highest BCUT2D eigenvalue weighted by Crippen LogP contribution is 2.25. The molecule has 0 aliphatic carbocycles. The van der Waals surface area contributed by atoms with Crippen molar-refractivity contribution >= 4 is 45.6 Å². The Balaban J connectivity index is 1.94. The standard InChI is InChI=1S/C12H11BrN2O4S/c13-9-2-1-7(5-8(9)11(17)18)20-4-3-15-10(16)6-14-12(15)19/h1-2,5H,3-4,6H2,(H,14,19)(H,17,18). The Kier molecular flexibility index (Phi) is 4.66. The van der Waals surface area contributed by atoms with Crippen molar-refractivity contribution in [3.05, 3.63) is 28.2 Å². The van der Waals surface area contributed by atoms with E-state index >= 15 is 0 Å². The molecule has 0 radical (unpaired) electrons. The molecule has 8 heteroatoms. The molecule has 1 fully saturated rings. The van der Waals surface area contributed by atoms with Gasteiger partial charge in [-0.25, -0.2) is 9.59 Å². The largest absolute Gasteiger partial charge is 0.478 e. The molecule has 20 heavy (non-hydrogen) atoms. The summed E-state index contributed by atoms with van der Waals surface area (Å²) in [5.74, 6) is -0.731. The van der Waals surface area contributed by atoms with Crippen LogP contribution in [0.3, 0.4) is 0 Å². The Hall–Kier alpha value is -1.54. The molecule has 6 nitrogen and oxygen atoms in total. The van der Waals surface area contributed by atoms with Crippen LogP contribution >= 0.6 is 27.7 Å². The van der Waals surface area contributed by atoms with E-state index in [-0.39, 0.29) is 24.0 Å². The van der Waals surface area contributed by atoms with E-state index in [0.717, 1.165) is 9.80 Å². The second-order valence-electron chi connectivity index (χ2n) is 4.00. The number of hydrogen-bond acceptors (Lipinski definition) is 4. The minimum atomic E-state index is -1.01. The molecule has 3 amide bonds. The molecule has 2 rings (SSSR count). The van der Waals surface area contributed by atoms with Gasteiger partial charge in [-0.3, -0.25) is 9.69 Å². The molecule has 0 bridgehead atoms. The fourth-order valence-electron chi connectivity index (χ4n) is 1.69. The van der Waals surface area contributed by atoms with E-state index in [1.165, 1.54) is 11.8 Å². The minimum absolute atomic E-state index is 0.0466. The Morgan fingerprint density at radius 2 is 2.20 bits per heavy atom. The number of benzene rings is 1. The highest BCUT2D eigenvalue weighted by atomic mass is 79.9. The van der Waals surface area contributed by atoms with Crippen LogP contribution in [0.25, 0.3) is 0 Å². The average molecular weight is 359 g/mol. The predicted molar refractivity (Wildman–Crippen MR) is 76.9 cm³/mol. The SMILES string of the molecule is O=C(O)c1cc(SCCN2C(=O)CNC2=O)ccc1Br. The van der Waals surface area contributed by atoms with Crippen LogP contribution < -0.4 is 5.32 Å². The third-order valence-electron chi connectivity index (χ3n) is 2.69. The number of carbonyl (C=O) groups is 3. The first-order chi connectivity index (χ1) is 9.49. The minimum Gasteiger partial charge on any atom is -0.478 e. The summed E-state index contributed by atoms with van der Waals surface area (Å²) >= 11 is 4.57. The summed E-state index contributed by atoms with van der Waals surface area (Å²) in [5, 5.41) is 11.5. The van der Waals surface area contributed by atoms with Gasteiger partial charge >= 0.3 is 12.0 Å². The molecule has 0 unspecified atom stereocenters. The highest BCUT2D eigenvalue weighted by Gasteiger charge is 2.27. The highest BCUT2D eigenvalue weighted by molar-refractivity contribution is 9.10. The number of imide groups is 1. The molecule has 1 heterocycles. The summed E-state index contributed by atoms with van der Waals surface area (Å²) in [5.41, 5.74) is 0.185. The van der Waals surface area contributed by atoms with Gasteiger partial charge in [-0.2, -0.15) is 0 Å². The average Bonchev–Trinajstić information content (AvgIpc) is 2.72. The lowest BCUT2D eigenvalue weighted by atomic mass is 10.2. The first kappa shape index (κ1) is 14.9. The van der Waals surface area contributed by atoms with Gasteiger partial charge in [0.1, 0.15) is 0 Å². The van der Waals surface area contributed by atoms with Crippen LogP contribution in [-0.2, 0) is 4.79 Å². The zero-order valence-corrected chi connectivity index (χ0v) is 12.7. The number of urea groups is 1. The normalized spacial score (nSPS) is 14.6. The number of carboxylic acids is 1. The summed E-state index contributed by atoms with van der Waals surface area (Å²) in [6.07, 6.45) is 0. The Morgan fingerprint density at radius 1 is 1.45 bits per heavy atom. The molecule has 0 aromatic heterocycles. The van der Waals surface area contributed by atoms with Crippen LogP contribution in [0, 0.1) is 0 Å². The fourth-order valence-corrected chi connectivity index (χ4v) is 2.99. The van der Waals surface area contributed by atoms with Crippen molar-refractivity contribution in [1.29, 1.82) is 0 Å². The lowest BCUT2D eigenvalue weighted by Gasteiger charge is -2.11. The third-order valence-corrected chi connectivity index (χ3v) is 4.35. The topological polar surface area (TPSA) is 86.7 Å². The Morgan fingerprint density at radius 3 is 2.80 bits per heavy atom. The van der Waals surface area contributed by atoms with Gasteiger partial charge in [0, 0.05) is 21.7 Å². The molecule has 2 N–H and O–H groups in total. The van der Waals surface area contributed by atoms with Crippen LogP contribution in [0.5, 0.6) is 0 Å². The van der Waals surface area contributed by atoms with E-state index in [1.54, 1.807) is 18.2 Å². The second-order valence-corrected chi connectivity index (χ2v) is 6.02. The van der Waals surface area contributed by atoms with Crippen molar-refractivity contribution in [1.82, 2.24) is 10.2 Å². The van der Waals surface area contributed by atoms with Crippen molar-refractivity contribution in [3.63, 3.8) is 0 Å². The lowest BCUT2D eigenvalue weighted by molar-refractivity contribution is -0.124. The van der Waals surface area contributed by atoms with E-state index in [9.17, 15) is 14.4 Å². The zero-order valence-electron chi connectivity index (χ0n) is 10.3. The number of aromatic carboxylic acids is 1. The van der Waals surface area contributed by atoms with Crippen molar-refractivity contribution < 1.29 is 19.5 Å². The number of hydrogen-bond donors (Lipinski definition) is 2. The summed E-state index contributed by atoms with van der Waals surface area (Å²) in [7, 11) is 0. The maximum absolute atomic E-state index is 11.4. The third kappa shape index (κ3) is 3.31. The molecule has 0 saturated carbocycles. The smallest absolute Gasteiger partial charge is 0.336 e. The van der Waals surface area contributed by atoms with Gasteiger partial charge in [0.2, 0.25) is 5.91 Å². The maximum Gasteiger partial charge on any atom is 0.336 e. The molecule has 1 aliphatic heterocycles. The van der Waals surface area contributed by atoms with Crippen LogP contribution in [0.4, 0.5) is 4.79 Å². The maximum atomic E-state index is 11.4. The van der Waals surface area contributed by atoms with Crippen LogP contribution in [0.2, 0.25) is 0 Å². The van der Waals surface area contributed by atoms with E-state index in [1.807, 2.05) is 0 Å². The van der Waals surface area contributed by atoms with E-state index < -0.39 is 5.97 Å². The molecule has 1 aromatic carbocycles. The molecular formula is C12H11BrN2O4S. The molecule has 0 spiro atoms. The molecule has 106 valence electrons. The number of amides is 3. The number of rotatable bonds is 5. The van der Waals surface area contributed by atoms with Crippen molar-refractivity contribution in [2.24, 2.45) is 0 Å². The Labute approximate surface area is 127 Å². The van der Waals surface area contributed by atoms with Crippen LogP contribution in [0.15, 0.2) is 27.6 Å². The number of halogens is 1. The van der Waals surface area contributed by atoms with Crippen molar-refractivity contribution in [2.45, 2.75) is 4.90 Å². The van der Waals surface area contributed by atoms with E-state index in [4.69, 9.17) is 5.11 Å². The number of nitrogens with one attached hydrogen (secondary N) is 1. The predicted octanol–water partition coefficient (Wildman–Crippen LogP) is 1.79. The lowest BCUT2D eigenvalue weighted by Crippen LogP contribution is -2.32. The fraction of sp³-hybridized carbons (Fsp3) is 0.250. The molecule has 1 aliphatic rings. The molecular weight excluding hydrogens is 348 g/mol. The van der Waals surface area contributed by atoms with Gasteiger partial charge in [-0.1, -0.05) is 0 Å². The number of nitrogens with zero attached hydrogens (tertiary/aromatic N) is 1. The van der Waals surface area contributed by atoms with Gasteiger partial charge in [-0.05, 0) is 34.1 Å². The van der Waals surface area contributed by atoms with E-state index in [2.05, 4.69) is 21.2 Å². The van der Waals surface area contributed by atoms with Gasteiger partial charge < -0.3 is 10.4 Å². The van der Waals surface area contributed by atoms with Crippen molar-refractivity contribution in [3.8, 4) is 0 Å². The quantitative estimate of drug-likeness (QED) is 0.618. The summed E-state index contributed by atoms with van der Waals surface area (Å²) < 4.78 is 0.517. The monoisotopic (exact) mass is 358 g/mol. The van der Waals surface area contributed by atoms with Crippen LogP contribution in [0.1, 0.15) is 10.4 Å². The van der Waals surface area contributed by atoms with Gasteiger partial charge in [-0.15, -0.1) is 11.8 Å². The summed E-state index contributed by atoms with van der Waals surface area (Å²) in [6, 6.07) is 4.63. The molecule has 0 atom stereocenters. The number of carbonyl (C=O) groups excluding carboxylic acids is 2. The number of thioether (sulfide) groups is 1.